The molecule has 0 aliphatic heterocycles. The second kappa shape index (κ2) is 8.11. The molecule has 2 amide bonds. The molecule has 0 bridgehead atoms. The third kappa shape index (κ3) is 5.70. The lowest BCUT2D eigenvalue weighted by Crippen LogP contribution is -2.31. The number of carboxylic acids is 1. The molecular formula is C13H15ClN2O5. The molecule has 114 valence electrons. The molecule has 21 heavy (non-hydrogen) atoms. The second-order valence-electron chi connectivity index (χ2n) is 3.93. The average Bonchev–Trinajstić information content (AvgIpc) is 2.41. The van der Waals surface area contributed by atoms with E-state index in [-0.39, 0.29) is 35.8 Å². The van der Waals surface area contributed by atoms with E-state index in [1.807, 2.05) is 0 Å². The lowest BCUT2D eigenvalue weighted by Gasteiger charge is -2.10. The van der Waals surface area contributed by atoms with Crippen molar-refractivity contribution in [1.82, 2.24) is 5.32 Å². The number of amides is 2. The van der Waals surface area contributed by atoms with Gasteiger partial charge in [-0.1, -0.05) is 11.6 Å². The van der Waals surface area contributed by atoms with Gasteiger partial charge in [-0.2, -0.15) is 0 Å². The number of carboxylic acid groups (broad SMARTS) is 1. The van der Waals surface area contributed by atoms with Crippen LogP contribution in [0.4, 0.5) is 10.5 Å². The standard InChI is InChI=1S/C13H15ClN2O5/c1-2-21-11(17)5-6-15-13(20)16-10-4-3-8(14)7-9(10)12(18)19/h3-4,7H,2,5-6H2,1H3,(H,18,19)(H2,15,16,20). The average molecular weight is 315 g/mol. The van der Waals surface area contributed by atoms with Gasteiger partial charge in [0.15, 0.2) is 0 Å². The van der Waals surface area contributed by atoms with Gasteiger partial charge in [-0.25, -0.2) is 9.59 Å². The van der Waals surface area contributed by atoms with Crippen molar-refractivity contribution in [2.45, 2.75) is 13.3 Å². The molecule has 0 unspecified atom stereocenters. The molecule has 0 atom stereocenters. The number of carbonyl (C=O) groups is 3. The summed E-state index contributed by atoms with van der Waals surface area (Å²) >= 11 is 5.70. The highest BCUT2D eigenvalue weighted by atomic mass is 35.5. The van der Waals surface area contributed by atoms with Crippen LogP contribution < -0.4 is 10.6 Å². The minimum Gasteiger partial charge on any atom is -0.478 e. The molecule has 0 saturated heterocycles. The number of nitrogens with one attached hydrogen (secondary N) is 2. The largest absolute Gasteiger partial charge is 0.478 e. The fourth-order valence-electron chi connectivity index (χ4n) is 1.48. The first-order chi connectivity index (χ1) is 9.93. The zero-order valence-corrected chi connectivity index (χ0v) is 12.1. The van der Waals surface area contributed by atoms with Crippen LogP contribution in [0.2, 0.25) is 5.02 Å². The Hall–Kier alpha value is -2.28. The smallest absolute Gasteiger partial charge is 0.337 e. The van der Waals surface area contributed by atoms with Crippen molar-refractivity contribution in [2.75, 3.05) is 18.5 Å². The van der Waals surface area contributed by atoms with Gasteiger partial charge in [0, 0.05) is 11.6 Å². The van der Waals surface area contributed by atoms with Crippen molar-refractivity contribution < 1.29 is 24.2 Å². The van der Waals surface area contributed by atoms with Gasteiger partial charge in [0.05, 0.1) is 24.3 Å². The van der Waals surface area contributed by atoms with Gasteiger partial charge in [-0.05, 0) is 25.1 Å². The molecule has 0 heterocycles. The topological polar surface area (TPSA) is 105 Å². The van der Waals surface area contributed by atoms with Crippen LogP contribution in [0.3, 0.4) is 0 Å². The van der Waals surface area contributed by atoms with Crippen molar-refractivity contribution >= 4 is 35.3 Å². The molecule has 3 N–H and O–H groups in total. The fourth-order valence-corrected chi connectivity index (χ4v) is 1.65. The van der Waals surface area contributed by atoms with Crippen LogP contribution in [0.15, 0.2) is 18.2 Å². The molecule has 1 aromatic carbocycles. The van der Waals surface area contributed by atoms with Crippen molar-refractivity contribution in [3.63, 3.8) is 0 Å². The third-order valence-corrected chi connectivity index (χ3v) is 2.62. The summed E-state index contributed by atoms with van der Waals surface area (Å²) in [6, 6.07) is 3.46. The number of hydrogen-bond acceptors (Lipinski definition) is 4. The van der Waals surface area contributed by atoms with E-state index in [2.05, 4.69) is 10.6 Å². The number of aromatic carboxylic acids is 1. The van der Waals surface area contributed by atoms with Gasteiger partial charge in [-0.15, -0.1) is 0 Å². The van der Waals surface area contributed by atoms with Crippen LogP contribution in [0, 0.1) is 0 Å². The van der Waals surface area contributed by atoms with Gasteiger partial charge in [-0.3, -0.25) is 4.79 Å². The van der Waals surface area contributed by atoms with Gasteiger partial charge in [0.25, 0.3) is 0 Å². The lowest BCUT2D eigenvalue weighted by atomic mass is 10.2. The molecule has 0 aliphatic carbocycles. The summed E-state index contributed by atoms with van der Waals surface area (Å²) in [4.78, 5) is 33.7. The quantitative estimate of drug-likeness (QED) is 0.697. The Kier molecular flexibility index (Phi) is 6.48. The molecule has 1 rings (SSSR count). The number of urea groups is 1. The molecule has 0 radical (unpaired) electrons. The Morgan fingerprint density at radius 2 is 2.05 bits per heavy atom. The van der Waals surface area contributed by atoms with Crippen molar-refractivity contribution in [3.8, 4) is 0 Å². The molecule has 7 nitrogen and oxygen atoms in total. The van der Waals surface area contributed by atoms with E-state index in [0.717, 1.165) is 0 Å². The highest BCUT2D eigenvalue weighted by molar-refractivity contribution is 6.31. The minimum absolute atomic E-state index is 0.0354. The first-order valence-electron chi connectivity index (χ1n) is 6.17. The van der Waals surface area contributed by atoms with E-state index in [4.69, 9.17) is 21.4 Å². The van der Waals surface area contributed by atoms with Crippen LogP contribution in [0.1, 0.15) is 23.7 Å². The van der Waals surface area contributed by atoms with Gasteiger partial charge in [0.2, 0.25) is 0 Å². The van der Waals surface area contributed by atoms with E-state index < -0.39 is 18.0 Å². The van der Waals surface area contributed by atoms with Gasteiger partial charge < -0.3 is 20.5 Å². The van der Waals surface area contributed by atoms with E-state index in [1.54, 1.807) is 6.92 Å². The number of carbonyl (C=O) groups excluding carboxylic acids is 2. The highest BCUT2D eigenvalue weighted by Crippen LogP contribution is 2.20. The summed E-state index contributed by atoms with van der Waals surface area (Å²) in [6.45, 7) is 2.05. The van der Waals surface area contributed by atoms with E-state index >= 15 is 0 Å². The maximum atomic E-state index is 11.6. The summed E-state index contributed by atoms with van der Waals surface area (Å²) in [7, 11) is 0. The third-order valence-electron chi connectivity index (χ3n) is 2.38. The van der Waals surface area contributed by atoms with Crippen LogP contribution >= 0.6 is 11.6 Å². The van der Waals surface area contributed by atoms with Gasteiger partial charge in [0.1, 0.15) is 0 Å². The summed E-state index contributed by atoms with van der Waals surface area (Å²) < 4.78 is 4.70. The SMILES string of the molecule is CCOC(=O)CCNC(=O)Nc1ccc(Cl)cc1C(=O)O. The van der Waals surface area contributed by atoms with Crippen LogP contribution in [-0.4, -0.2) is 36.2 Å². The molecule has 8 heteroatoms. The maximum absolute atomic E-state index is 11.6. The highest BCUT2D eigenvalue weighted by Gasteiger charge is 2.13. The summed E-state index contributed by atoms with van der Waals surface area (Å²) in [5.74, 6) is -1.63. The number of anilines is 1. The monoisotopic (exact) mass is 314 g/mol. The van der Waals surface area contributed by atoms with Crippen molar-refractivity contribution in [1.29, 1.82) is 0 Å². The number of esters is 1. The Bertz CT molecular complexity index is 547. The predicted octanol–water partition coefficient (Wildman–Crippen LogP) is 2.11. The molecule has 0 aromatic heterocycles. The molecule has 0 fully saturated rings. The number of ether oxygens (including phenoxy) is 1. The number of benzene rings is 1. The first kappa shape index (κ1) is 16.8. The minimum atomic E-state index is -1.21. The maximum Gasteiger partial charge on any atom is 0.337 e. The van der Waals surface area contributed by atoms with Crippen LogP contribution in [0.25, 0.3) is 0 Å². The Balaban J connectivity index is 2.55. The summed E-state index contributed by atoms with van der Waals surface area (Å²) in [5.41, 5.74) is -0.0106. The lowest BCUT2D eigenvalue weighted by molar-refractivity contribution is -0.142. The van der Waals surface area contributed by atoms with Crippen molar-refractivity contribution in [2.24, 2.45) is 0 Å². The Labute approximate surface area is 126 Å². The first-order valence-corrected chi connectivity index (χ1v) is 6.55. The summed E-state index contributed by atoms with van der Waals surface area (Å²) in [5, 5.41) is 14.1. The van der Waals surface area contributed by atoms with Crippen LogP contribution in [0.5, 0.6) is 0 Å². The molecule has 1 aromatic rings. The number of halogens is 1. The number of hydrogen-bond donors (Lipinski definition) is 3. The van der Waals surface area contributed by atoms with E-state index in [0.29, 0.717) is 0 Å². The second-order valence-corrected chi connectivity index (χ2v) is 4.37. The number of rotatable bonds is 6. The van der Waals surface area contributed by atoms with E-state index in [1.165, 1.54) is 18.2 Å². The molecule has 0 saturated carbocycles. The Morgan fingerprint density at radius 3 is 2.67 bits per heavy atom. The molecular weight excluding hydrogens is 300 g/mol. The molecule has 0 aliphatic rings. The Morgan fingerprint density at radius 1 is 1.33 bits per heavy atom. The van der Waals surface area contributed by atoms with Crippen LogP contribution in [-0.2, 0) is 9.53 Å². The van der Waals surface area contributed by atoms with Crippen molar-refractivity contribution in [3.05, 3.63) is 28.8 Å². The molecule has 0 spiro atoms. The zero-order chi connectivity index (χ0) is 15.8. The fraction of sp³-hybridized carbons (Fsp3) is 0.308. The predicted molar refractivity (Wildman–Crippen MR) is 76.7 cm³/mol. The summed E-state index contributed by atoms with van der Waals surface area (Å²) in [6.07, 6.45) is 0.0354. The zero-order valence-electron chi connectivity index (χ0n) is 11.3. The van der Waals surface area contributed by atoms with E-state index in [9.17, 15) is 14.4 Å². The van der Waals surface area contributed by atoms with Gasteiger partial charge >= 0.3 is 18.0 Å². The normalized spacial score (nSPS) is 9.81.